The van der Waals surface area contributed by atoms with Gasteiger partial charge in [-0.15, -0.1) is 11.6 Å². The molecule has 4 heteroatoms. The Labute approximate surface area is 85.9 Å². The molecule has 0 amide bonds. The quantitative estimate of drug-likeness (QED) is 0.557. The van der Waals surface area contributed by atoms with E-state index in [-0.39, 0.29) is 28.4 Å². The van der Waals surface area contributed by atoms with E-state index in [2.05, 4.69) is 0 Å². The normalized spacial score (nSPS) is 9.57. The summed E-state index contributed by atoms with van der Waals surface area (Å²) in [5.74, 6) is -1.18. The van der Waals surface area contributed by atoms with E-state index in [1.54, 1.807) is 6.07 Å². The Hall–Kier alpha value is -1.40. The summed E-state index contributed by atoms with van der Waals surface area (Å²) in [5.41, 5.74) is 0.347. The summed E-state index contributed by atoms with van der Waals surface area (Å²) in [5, 5.41) is 8.53. The first-order chi connectivity index (χ1) is 6.61. The van der Waals surface area contributed by atoms with Crippen LogP contribution in [0.1, 0.15) is 21.5 Å². The van der Waals surface area contributed by atoms with Gasteiger partial charge in [-0.25, -0.2) is 4.39 Å². The molecule has 0 aromatic heterocycles. The van der Waals surface area contributed by atoms with E-state index in [0.29, 0.717) is 0 Å². The van der Waals surface area contributed by atoms with Crippen LogP contribution in [0, 0.1) is 24.1 Å². The predicted molar refractivity (Wildman–Crippen MR) is 50.9 cm³/mol. The number of hydrogen-bond acceptors (Lipinski definition) is 2. The molecule has 0 aliphatic rings. The van der Waals surface area contributed by atoms with Crippen molar-refractivity contribution in [3.63, 3.8) is 0 Å². The van der Waals surface area contributed by atoms with Crippen molar-refractivity contribution in [2.24, 2.45) is 0 Å². The van der Waals surface area contributed by atoms with E-state index in [0.717, 1.165) is 0 Å². The maximum atomic E-state index is 13.3. The van der Waals surface area contributed by atoms with Gasteiger partial charge in [0.25, 0.3) is 0 Å². The standard InChI is InChI=1S/C10H7ClFNO/c1-6-8(9(14)4-11)3-2-7(5-13)10(6)12/h2-3H,4H2,1H3. The SMILES string of the molecule is Cc1c(C(=O)CCl)ccc(C#N)c1F. The number of alkyl halides is 1. The second-order valence-corrected chi connectivity index (χ2v) is 3.04. The zero-order valence-corrected chi connectivity index (χ0v) is 8.23. The minimum atomic E-state index is -0.650. The van der Waals surface area contributed by atoms with Gasteiger partial charge in [0.05, 0.1) is 11.4 Å². The average Bonchev–Trinajstić information content (AvgIpc) is 2.21. The Morgan fingerprint density at radius 3 is 2.79 bits per heavy atom. The Morgan fingerprint density at radius 2 is 2.29 bits per heavy atom. The van der Waals surface area contributed by atoms with Crippen molar-refractivity contribution in [2.45, 2.75) is 6.92 Å². The lowest BCUT2D eigenvalue weighted by atomic mass is 10.0. The fourth-order valence-corrected chi connectivity index (χ4v) is 1.29. The largest absolute Gasteiger partial charge is 0.293 e. The van der Waals surface area contributed by atoms with Crippen molar-refractivity contribution in [2.75, 3.05) is 5.88 Å². The molecular weight excluding hydrogens is 205 g/mol. The highest BCUT2D eigenvalue weighted by molar-refractivity contribution is 6.30. The van der Waals surface area contributed by atoms with Crippen molar-refractivity contribution in [1.29, 1.82) is 5.26 Å². The van der Waals surface area contributed by atoms with Gasteiger partial charge in [-0.2, -0.15) is 5.26 Å². The van der Waals surface area contributed by atoms with Crippen LogP contribution in [0.2, 0.25) is 0 Å². The summed E-state index contributed by atoms with van der Waals surface area (Å²) in [7, 11) is 0. The number of halogens is 2. The number of ketones is 1. The van der Waals surface area contributed by atoms with Crippen LogP contribution in [0.25, 0.3) is 0 Å². The van der Waals surface area contributed by atoms with Gasteiger partial charge in [-0.3, -0.25) is 4.79 Å². The summed E-state index contributed by atoms with van der Waals surface area (Å²) in [4.78, 5) is 11.2. The molecule has 0 aliphatic carbocycles. The van der Waals surface area contributed by atoms with Crippen LogP contribution in [-0.2, 0) is 0 Å². The van der Waals surface area contributed by atoms with Crippen LogP contribution in [0.15, 0.2) is 12.1 Å². The van der Waals surface area contributed by atoms with Gasteiger partial charge in [0.1, 0.15) is 11.9 Å². The fourth-order valence-electron chi connectivity index (χ4n) is 1.15. The first-order valence-corrected chi connectivity index (χ1v) is 4.43. The van der Waals surface area contributed by atoms with Crippen molar-refractivity contribution < 1.29 is 9.18 Å². The molecule has 1 rings (SSSR count). The molecule has 1 aromatic carbocycles. The zero-order chi connectivity index (χ0) is 10.7. The van der Waals surface area contributed by atoms with E-state index >= 15 is 0 Å². The first-order valence-electron chi connectivity index (χ1n) is 3.90. The molecule has 0 heterocycles. The van der Waals surface area contributed by atoms with Crippen LogP contribution < -0.4 is 0 Å². The topological polar surface area (TPSA) is 40.9 Å². The molecule has 0 fully saturated rings. The highest BCUT2D eigenvalue weighted by Gasteiger charge is 2.13. The number of hydrogen-bond donors (Lipinski definition) is 0. The number of nitrogens with zero attached hydrogens (tertiary/aromatic N) is 1. The van der Waals surface area contributed by atoms with Crippen LogP contribution in [0.4, 0.5) is 4.39 Å². The molecule has 0 unspecified atom stereocenters. The lowest BCUT2D eigenvalue weighted by Gasteiger charge is -2.04. The van der Waals surface area contributed by atoms with Gasteiger partial charge in [-0.1, -0.05) is 0 Å². The Balaban J connectivity index is 3.33. The summed E-state index contributed by atoms with van der Waals surface area (Å²) in [6, 6.07) is 4.40. The molecule has 0 atom stereocenters. The Bertz CT molecular complexity index is 423. The van der Waals surface area contributed by atoms with E-state index in [9.17, 15) is 9.18 Å². The third kappa shape index (κ3) is 1.75. The molecule has 0 bridgehead atoms. The number of nitriles is 1. The number of benzene rings is 1. The minimum absolute atomic E-state index is 0.0615. The molecule has 0 N–H and O–H groups in total. The van der Waals surface area contributed by atoms with Crippen molar-refractivity contribution >= 4 is 17.4 Å². The van der Waals surface area contributed by atoms with E-state index in [1.807, 2.05) is 0 Å². The molecule has 0 saturated heterocycles. The van der Waals surface area contributed by atoms with E-state index in [4.69, 9.17) is 16.9 Å². The molecular formula is C10H7ClFNO. The zero-order valence-electron chi connectivity index (χ0n) is 7.47. The highest BCUT2D eigenvalue weighted by atomic mass is 35.5. The van der Waals surface area contributed by atoms with Gasteiger partial charge < -0.3 is 0 Å². The molecule has 72 valence electrons. The second kappa shape index (κ2) is 4.21. The maximum Gasteiger partial charge on any atom is 0.177 e. The molecule has 0 spiro atoms. The summed E-state index contributed by atoms with van der Waals surface area (Å²) >= 11 is 5.35. The van der Waals surface area contributed by atoms with Gasteiger partial charge in [0.15, 0.2) is 5.78 Å². The maximum absolute atomic E-state index is 13.3. The summed E-state index contributed by atoms with van der Waals surface area (Å²) in [6.45, 7) is 1.45. The average molecular weight is 212 g/mol. The summed E-state index contributed by atoms with van der Waals surface area (Å²) in [6.07, 6.45) is 0. The van der Waals surface area contributed by atoms with Crippen molar-refractivity contribution in [1.82, 2.24) is 0 Å². The molecule has 0 saturated carbocycles. The molecule has 1 aromatic rings. The minimum Gasteiger partial charge on any atom is -0.293 e. The molecule has 14 heavy (non-hydrogen) atoms. The van der Waals surface area contributed by atoms with Gasteiger partial charge in [0, 0.05) is 5.56 Å². The third-order valence-electron chi connectivity index (χ3n) is 1.93. The Kier molecular flexibility index (Phi) is 3.21. The lowest BCUT2D eigenvalue weighted by Crippen LogP contribution is -2.05. The number of carbonyl (C=O) groups is 1. The third-order valence-corrected chi connectivity index (χ3v) is 2.17. The Morgan fingerprint density at radius 1 is 1.64 bits per heavy atom. The van der Waals surface area contributed by atoms with Crippen LogP contribution >= 0.6 is 11.6 Å². The number of Topliss-reactive ketones (excluding diaryl/α,β-unsaturated/α-hetero) is 1. The molecule has 0 radical (unpaired) electrons. The monoisotopic (exact) mass is 211 g/mol. The predicted octanol–water partition coefficient (Wildman–Crippen LogP) is 2.43. The number of carbonyl (C=O) groups excluding carboxylic acids is 1. The lowest BCUT2D eigenvalue weighted by molar-refractivity contribution is 0.102. The van der Waals surface area contributed by atoms with E-state index in [1.165, 1.54) is 19.1 Å². The number of rotatable bonds is 2. The fraction of sp³-hybridized carbons (Fsp3) is 0.200. The van der Waals surface area contributed by atoms with Crippen LogP contribution in [0.5, 0.6) is 0 Å². The first kappa shape index (κ1) is 10.7. The van der Waals surface area contributed by atoms with Crippen LogP contribution in [0.3, 0.4) is 0 Å². The van der Waals surface area contributed by atoms with Gasteiger partial charge in [0.2, 0.25) is 0 Å². The highest BCUT2D eigenvalue weighted by Crippen LogP contribution is 2.17. The van der Waals surface area contributed by atoms with Crippen molar-refractivity contribution in [3.05, 3.63) is 34.6 Å². The smallest absolute Gasteiger partial charge is 0.177 e. The molecule has 2 nitrogen and oxygen atoms in total. The van der Waals surface area contributed by atoms with E-state index < -0.39 is 5.82 Å². The second-order valence-electron chi connectivity index (χ2n) is 2.77. The summed E-state index contributed by atoms with van der Waals surface area (Å²) < 4.78 is 13.3. The molecule has 0 aliphatic heterocycles. The van der Waals surface area contributed by atoms with Crippen molar-refractivity contribution in [3.8, 4) is 6.07 Å². The van der Waals surface area contributed by atoms with Gasteiger partial charge in [-0.05, 0) is 24.6 Å². The van der Waals surface area contributed by atoms with Gasteiger partial charge >= 0.3 is 0 Å². The van der Waals surface area contributed by atoms with Crippen LogP contribution in [-0.4, -0.2) is 11.7 Å².